The first-order valence-corrected chi connectivity index (χ1v) is 7.91. The third kappa shape index (κ3) is 3.11. The molecule has 2 heteroatoms. The average molecular weight is 258 g/mol. The van der Waals surface area contributed by atoms with Crippen LogP contribution in [0.3, 0.4) is 0 Å². The summed E-state index contributed by atoms with van der Waals surface area (Å²) in [5.74, 6) is 0.989. The normalized spacial score (nSPS) is 25.2. The van der Waals surface area contributed by atoms with Crippen LogP contribution in [0.15, 0.2) is 24.3 Å². The molecule has 0 radical (unpaired) electrons. The monoisotopic (exact) mass is 258 g/mol. The van der Waals surface area contributed by atoms with E-state index in [0.29, 0.717) is 0 Å². The zero-order valence-electron chi connectivity index (χ0n) is 11.9. The van der Waals surface area contributed by atoms with Crippen LogP contribution in [0.4, 0.5) is 5.69 Å². The number of hydrogen-bond acceptors (Lipinski definition) is 2. The van der Waals surface area contributed by atoms with E-state index in [1.807, 2.05) is 6.07 Å². The molecule has 3 rings (SSSR count). The Morgan fingerprint density at radius 2 is 1.95 bits per heavy atom. The second-order valence-electron chi connectivity index (χ2n) is 6.29. The highest BCUT2D eigenvalue weighted by Gasteiger charge is 2.32. The van der Waals surface area contributed by atoms with Crippen molar-refractivity contribution in [2.45, 2.75) is 51.0 Å². The molecule has 2 aliphatic rings. The molecule has 1 aliphatic carbocycles. The van der Waals surface area contributed by atoms with Crippen LogP contribution in [-0.2, 0) is 6.42 Å². The van der Waals surface area contributed by atoms with Crippen molar-refractivity contribution in [3.63, 3.8) is 0 Å². The number of hydrogen-bond donors (Lipinski definition) is 1. The minimum Gasteiger partial charge on any atom is -0.399 e. The van der Waals surface area contributed by atoms with Crippen LogP contribution >= 0.6 is 0 Å². The molecule has 1 saturated carbocycles. The third-order valence-electron chi connectivity index (χ3n) is 5.00. The van der Waals surface area contributed by atoms with Gasteiger partial charge in [-0.1, -0.05) is 25.0 Å². The molecular weight excluding hydrogens is 232 g/mol. The number of rotatable bonds is 4. The van der Waals surface area contributed by atoms with Crippen molar-refractivity contribution in [1.29, 1.82) is 0 Å². The molecule has 0 amide bonds. The quantitative estimate of drug-likeness (QED) is 0.838. The SMILES string of the molecule is Nc1cccc(CCN2CCCC2C2CCCC2)c1. The van der Waals surface area contributed by atoms with E-state index in [2.05, 4.69) is 23.1 Å². The zero-order valence-corrected chi connectivity index (χ0v) is 11.9. The van der Waals surface area contributed by atoms with Crippen molar-refractivity contribution in [2.24, 2.45) is 5.92 Å². The summed E-state index contributed by atoms with van der Waals surface area (Å²) in [6.07, 6.45) is 9.85. The Labute approximate surface area is 117 Å². The zero-order chi connectivity index (χ0) is 13.1. The average Bonchev–Trinajstić information content (AvgIpc) is 3.07. The van der Waals surface area contributed by atoms with Crippen molar-refractivity contribution in [3.05, 3.63) is 29.8 Å². The first-order valence-electron chi connectivity index (χ1n) is 7.91. The van der Waals surface area contributed by atoms with Gasteiger partial charge in [-0.05, 0) is 62.3 Å². The van der Waals surface area contributed by atoms with Gasteiger partial charge in [0, 0.05) is 18.3 Å². The number of benzene rings is 1. The molecule has 1 aliphatic heterocycles. The molecule has 2 nitrogen and oxygen atoms in total. The smallest absolute Gasteiger partial charge is 0.0316 e. The maximum absolute atomic E-state index is 5.86. The summed E-state index contributed by atoms with van der Waals surface area (Å²) >= 11 is 0. The standard InChI is InChI=1S/C17H26N2/c18-16-8-3-5-14(13-16)10-12-19-11-4-9-17(19)15-6-1-2-7-15/h3,5,8,13,15,17H,1-2,4,6-7,9-12,18H2. The van der Waals surface area contributed by atoms with Gasteiger partial charge in [0.05, 0.1) is 0 Å². The number of nitrogens with zero attached hydrogens (tertiary/aromatic N) is 1. The second kappa shape index (κ2) is 5.96. The van der Waals surface area contributed by atoms with Gasteiger partial charge in [0.2, 0.25) is 0 Å². The van der Waals surface area contributed by atoms with Crippen molar-refractivity contribution in [1.82, 2.24) is 4.90 Å². The lowest BCUT2D eigenvalue weighted by atomic mass is 9.96. The lowest BCUT2D eigenvalue weighted by Crippen LogP contribution is -2.36. The number of likely N-dealkylation sites (tertiary alicyclic amines) is 1. The Morgan fingerprint density at radius 1 is 1.11 bits per heavy atom. The van der Waals surface area contributed by atoms with E-state index in [-0.39, 0.29) is 0 Å². The maximum atomic E-state index is 5.86. The van der Waals surface area contributed by atoms with Crippen LogP contribution in [0.25, 0.3) is 0 Å². The van der Waals surface area contributed by atoms with Crippen molar-refractivity contribution >= 4 is 5.69 Å². The fraction of sp³-hybridized carbons (Fsp3) is 0.647. The van der Waals surface area contributed by atoms with Crippen LogP contribution in [0.2, 0.25) is 0 Å². The summed E-state index contributed by atoms with van der Waals surface area (Å²) in [6, 6.07) is 9.25. The molecule has 104 valence electrons. The Hall–Kier alpha value is -1.02. The molecule has 19 heavy (non-hydrogen) atoms. The fourth-order valence-electron chi connectivity index (χ4n) is 4.03. The Bertz CT molecular complexity index is 409. The number of nitrogens with two attached hydrogens (primary N) is 1. The predicted molar refractivity (Wildman–Crippen MR) is 81.1 cm³/mol. The highest BCUT2D eigenvalue weighted by atomic mass is 15.2. The Morgan fingerprint density at radius 3 is 2.74 bits per heavy atom. The molecule has 1 aromatic carbocycles. The van der Waals surface area contributed by atoms with Gasteiger partial charge >= 0.3 is 0 Å². The van der Waals surface area contributed by atoms with Crippen LogP contribution in [-0.4, -0.2) is 24.0 Å². The third-order valence-corrected chi connectivity index (χ3v) is 5.00. The van der Waals surface area contributed by atoms with E-state index >= 15 is 0 Å². The lowest BCUT2D eigenvalue weighted by Gasteiger charge is -2.29. The molecule has 1 heterocycles. The van der Waals surface area contributed by atoms with Crippen molar-refractivity contribution in [2.75, 3.05) is 18.8 Å². The van der Waals surface area contributed by atoms with Crippen molar-refractivity contribution in [3.8, 4) is 0 Å². The maximum Gasteiger partial charge on any atom is 0.0316 e. The first kappa shape index (κ1) is 13.0. The molecule has 0 spiro atoms. The summed E-state index contributed by atoms with van der Waals surface area (Å²) in [6.45, 7) is 2.52. The highest BCUT2D eigenvalue weighted by molar-refractivity contribution is 5.40. The Balaban J connectivity index is 1.56. The van der Waals surface area contributed by atoms with Gasteiger partial charge in [0.25, 0.3) is 0 Å². The fourth-order valence-corrected chi connectivity index (χ4v) is 4.03. The molecule has 1 aromatic rings. The number of nitrogen functional groups attached to an aromatic ring is 1. The van der Waals surface area contributed by atoms with Gasteiger partial charge in [-0.15, -0.1) is 0 Å². The van der Waals surface area contributed by atoms with E-state index in [4.69, 9.17) is 5.73 Å². The topological polar surface area (TPSA) is 29.3 Å². The van der Waals surface area contributed by atoms with Gasteiger partial charge in [0.1, 0.15) is 0 Å². The van der Waals surface area contributed by atoms with E-state index < -0.39 is 0 Å². The minimum atomic E-state index is 0.878. The van der Waals surface area contributed by atoms with Gasteiger partial charge in [0.15, 0.2) is 0 Å². The predicted octanol–water partition coefficient (Wildman–Crippen LogP) is 3.47. The highest BCUT2D eigenvalue weighted by Crippen LogP contribution is 2.35. The minimum absolute atomic E-state index is 0.878. The van der Waals surface area contributed by atoms with Crippen LogP contribution in [0, 0.1) is 5.92 Å². The van der Waals surface area contributed by atoms with E-state index in [1.165, 1.54) is 57.2 Å². The summed E-state index contributed by atoms with van der Waals surface area (Å²) in [5.41, 5.74) is 8.14. The lowest BCUT2D eigenvalue weighted by molar-refractivity contribution is 0.193. The van der Waals surface area contributed by atoms with Crippen LogP contribution in [0.1, 0.15) is 44.1 Å². The summed E-state index contributed by atoms with van der Waals surface area (Å²) in [7, 11) is 0. The van der Waals surface area contributed by atoms with E-state index in [0.717, 1.165) is 24.1 Å². The molecule has 1 unspecified atom stereocenters. The first-order chi connectivity index (χ1) is 9.33. The van der Waals surface area contributed by atoms with E-state index in [9.17, 15) is 0 Å². The van der Waals surface area contributed by atoms with E-state index in [1.54, 1.807) is 0 Å². The van der Waals surface area contributed by atoms with Crippen molar-refractivity contribution < 1.29 is 0 Å². The Kier molecular flexibility index (Phi) is 4.07. The molecule has 0 aromatic heterocycles. The van der Waals surface area contributed by atoms with Crippen LogP contribution < -0.4 is 5.73 Å². The van der Waals surface area contributed by atoms with Gasteiger partial charge < -0.3 is 5.73 Å². The summed E-state index contributed by atoms with van der Waals surface area (Å²) < 4.78 is 0. The second-order valence-corrected chi connectivity index (χ2v) is 6.29. The molecule has 2 N–H and O–H groups in total. The van der Waals surface area contributed by atoms with Gasteiger partial charge in [-0.25, -0.2) is 0 Å². The van der Waals surface area contributed by atoms with Gasteiger partial charge in [-0.2, -0.15) is 0 Å². The van der Waals surface area contributed by atoms with Gasteiger partial charge in [-0.3, -0.25) is 4.90 Å². The van der Waals surface area contributed by atoms with Crippen LogP contribution in [0.5, 0.6) is 0 Å². The molecule has 1 saturated heterocycles. The molecule has 0 bridgehead atoms. The summed E-state index contributed by atoms with van der Waals surface area (Å²) in [5, 5.41) is 0. The molecular formula is C17H26N2. The molecule has 2 fully saturated rings. The molecule has 1 atom stereocenters. The largest absolute Gasteiger partial charge is 0.399 e. The number of anilines is 1. The summed E-state index contributed by atoms with van der Waals surface area (Å²) in [4.78, 5) is 2.75.